The van der Waals surface area contributed by atoms with Gasteiger partial charge in [0.25, 0.3) is 5.91 Å². The van der Waals surface area contributed by atoms with Gasteiger partial charge in [-0.15, -0.1) is 0 Å². The lowest BCUT2D eigenvalue weighted by Crippen LogP contribution is -2.32. The SMILES string of the molecule is CCC[C@@H](NC(=O)COC(=O)c1ccc(C)cc1)c1ccccc1. The topological polar surface area (TPSA) is 55.4 Å². The second-order valence-corrected chi connectivity index (χ2v) is 5.76. The van der Waals surface area contributed by atoms with Crippen molar-refractivity contribution in [1.29, 1.82) is 0 Å². The Morgan fingerprint density at radius 2 is 1.71 bits per heavy atom. The van der Waals surface area contributed by atoms with Crippen LogP contribution in [0.15, 0.2) is 54.6 Å². The largest absolute Gasteiger partial charge is 0.452 e. The van der Waals surface area contributed by atoms with E-state index >= 15 is 0 Å². The number of carbonyl (C=O) groups is 2. The molecule has 0 spiro atoms. The van der Waals surface area contributed by atoms with Gasteiger partial charge in [0.2, 0.25) is 0 Å². The molecule has 2 rings (SSSR count). The van der Waals surface area contributed by atoms with Crippen molar-refractivity contribution < 1.29 is 14.3 Å². The average molecular weight is 325 g/mol. The number of hydrogen-bond acceptors (Lipinski definition) is 3. The highest BCUT2D eigenvalue weighted by molar-refractivity contribution is 5.91. The Kier molecular flexibility index (Phi) is 6.55. The van der Waals surface area contributed by atoms with Crippen molar-refractivity contribution in [2.24, 2.45) is 0 Å². The maximum atomic E-state index is 12.1. The van der Waals surface area contributed by atoms with Crippen LogP contribution in [0, 0.1) is 6.92 Å². The molecule has 2 aromatic rings. The fourth-order valence-corrected chi connectivity index (χ4v) is 2.44. The van der Waals surface area contributed by atoms with Gasteiger partial charge >= 0.3 is 5.97 Å². The van der Waals surface area contributed by atoms with E-state index in [0.717, 1.165) is 24.0 Å². The van der Waals surface area contributed by atoms with Gasteiger partial charge in [-0.05, 0) is 31.0 Å². The fraction of sp³-hybridized carbons (Fsp3) is 0.300. The van der Waals surface area contributed by atoms with Crippen molar-refractivity contribution in [1.82, 2.24) is 5.32 Å². The molecule has 0 radical (unpaired) electrons. The van der Waals surface area contributed by atoms with Crippen LogP contribution in [0.5, 0.6) is 0 Å². The summed E-state index contributed by atoms with van der Waals surface area (Å²) in [6.07, 6.45) is 1.78. The molecule has 0 unspecified atom stereocenters. The van der Waals surface area contributed by atoms with Gasteiger partial charge in [0, 0.05) is 0 Å². The lowest BCUT2D eigenvalue weighted by Gasteiger charge is -2.18. The number of esters is 1. The van der Waals surface area contributed by atoms with Crippen molar-refractivity contribution >= 4 is 11.9 Å². The van der Waals surface area contributed by atoms with Crippen LogP contribution in [-0.4, -0.2) is 18.5 Å². The molecule has 0 aliphatic rings. The number of benzene rings is 2. The molecule has 0 aromatic heterocycles. The molecular formula is C20H23NO3. The summed E-state index contributed by atoms with van der Waals surface area (Å²) in [6.45, 7) is 3.74. The molecule has 4 nitrogen and oxygen atoms in total. The number of nitrogens with one attached hydrogen (secondary N) is 1. The van der Waals surface area contributed by atoms with Gasteiger partial charge in [-0.2, -0.15) is 0 Å². The monoisotopic (exact) mass is 325 g/mol. The summed E-state index contributed by atoms with van der Waals surface area (Å²) in [5, 5.41) is 2.93. The Hall–Kier alpha value is -2.62. The molecule has 4 heteroatoms. The quantitative estimate of drug-likeness (QED) is 0.788. The highest BCUT2D eigenvalue weighted by atomic mass is 16.5. The summed E-state index contributed by atoms with van der Waals surface area (Å²) in [5.74, 6) is -0.783. The predicted molar refractivity (Wildman–Crippen MR) is 93.7 cm³/mol. The summed E-state index contributed by atoms with van der Waals surface area (Å²) in [4.78, 5) is 24.0. The molecule has 0 saturated heterocycles. The second kappa shape index (κ2) is 8.87. The maximum absolute atomic E-state index is 12.1. The highest BCUT2D eigenvalue weighted by Gasteiger charge is 2.15. The standard InChI is InChI=1S/C20H23NO3/c1-3-7-18(16-8-5-4-6-9-16)21-19(22)14-24-20(23)17-12-10-15(2)11-13-17/h4-6,8-13,18H,3,7,14H2,1-2H3,(H,21,22)/t18-/m1/s1. The lowest BCUT2D eigenvalue weighted by atomic mass is 10.0. The van der Waals surface area contributed by atoms with E-state index in [9.17, 15) is 9.59 Å². The smallest absolute Gasteiger partial charge is 0.338 e. The number of hydrogen-bond donors (Lipinski definition) is 1. The molecule has 1 amide bonds. The molecule has 1 atom stereocenters. The van der Waals surface area contributed by atoms with E-state index < -0.39 is 5.97 Å². The number of rotatable bonds is 7. The Labute approximate surface area is 142 Å². The second-order valence-electron chi connectivity index (χ2n) is 5.76. The van der Waals surface area contributed by atoms with Gasteiger partial charge in [-0.25, -0.2) is 4.79 Å². The van der Waals surface area contributed by atoms with E-state index in [1.54, 1.807) is 12.1 Å². The number of amides is 1. The summed E-state index contributed by atoms with van der Waals surface area (Å²) < 4.78 is 5.09. The average Bonchev–Trinajstić information content (AvgIpc) is 2.60. The van der Waals surface area contributed by atoms with Crippen molar-refractivity contribution in [3.05, 3.63) is 71.3 Å². The van der Waals surface area contributed by atoms with Crippen LogP contribution < -0.4 is 5.32 Å². The number of carbonyl (C=O) groups excluding carboxylic acids is 2. The molecule has 126 valence electrons. The maximum Gasteiger partial charge on any atom is 0.338 e. The Balaban J connectivity index is 1.89. The van der Waals surface area contributed by atoms with Crippen LogP contribution in [0.25, 0.3) is 0 Å². The van der Waals surface area contributed by atoms with Crippen LogP contribution in [0.2, 0.25) is 0 Å². The normalized spacial score (nSPS) is 11.6. The van der Waals surface area contributed by atoms with Gasteiger partial charge in [-0.1, -0.05) is 61.4 Å². The van der Waals surface area contributed by atoms with Gasteiger partial charge in [0.1, 0.15) is 0 Å². The first-order valence-corrected chi connectivity index (χ1v) is 8.18. The molecule has 1 N–H and O–H groups in total. The molecule has 2 aromatic carbocycles. The molecular weight excluding hydrogens is 302 g/mol. The van der Waals surface area contributed by atoms with Crippen molar-refractivity contribution in [2.75, 3.05) is 6.61 Å². The van der Waals surface area contributed by atoms with E-state index in [0.29, 0.717) is 5.56 Å². The predicted octanol–water partition coefficient (Wildman–Crippen LogP) is 3.81. The third kappa shape index (κ3) is 5.23. The van der Waals surface area contributed by atoms with E-state index in [-0.39, 0.29) is 18.6 Å². The zero-order chi connectivity index (χ0) is 17.4. The van der Waals surface area contributed by atoms with Crippen LogP contribution in [0.4, 0.5) is 0 Å². The molecule has 24 heavy (non-hydrogen) atoms. The molecule has 0 aliphatic heterocycles. The summed E-state index contributed by atoms with van der Waals surface area (Å²) in [6, 6.07) is 16.8. The lowest BCUT2D eigenvalue weighted by molar-refractivity contribution is -0.125. The minimum absolute atomic E-state index is 0.0678. The zero-order valence-corrected chi connectivity index (χ0v) is 14.1. The van der Waals surface area contributed by atoms with E-state index in [1.165, 1.54) is 0 Å². The summed E-state index contributed by atoms with van der Waals surface area (Å²) >= 11 is 0. The van der Waals surface area contributed by atoms with Crippen LogP contribution in [-0.2, 0) is 9.53 Å². The van der Waals surface area contributed by atoms with Crippen LogP contribution >= 0.6 is 0 Å². The van der Waals surface area contributed by atoms with Crippen molar-refractivity contribution in [2.45, 2.75) is 32.7 Å². The Morgan fingerprint density at radius 1 is 1.04 bits per heavy atom. The Morgan fingerprint density at radius 3 is 2.33 bits per heavy atom. The first-order valence-electron chi connectivity index (χ1n) is 8.18. The highest BCUT2D eigenvalue weighted by Crippen LogP contribution is 2.17. The summed E-state index contributed by atoms with van der Waals surface area (Å²) in [5.41, 5.74) is 2.56. The van der Waals surface area contributed by atoms with E-state index in [4.69, 9.17) is 4.74 Å². The summed E-state index contributed by atoms with van der Waals surface area (Å²) in [7, 11) is 0. The fourth-order valence-electron chi connectivity index (χ4n) is 2.44. The van der Waals surface area contributed by atoms with Gasteiger partial charge in [-0.3, -0.25) is 4.79 Å². The van der Waals surface area contributed by atoms with Gasteiger partial charge in [0.15, 0.2) is 6.61 Å². The van der Waals surface area contributed by atoms with Gasteiger partial charge < -0.3 is 10.1 Å². The Bertz CT molecular complexity index is 665. The van der Waals surface area contributed by atoms with E-state index in [2.05, 4.69) is 12.2 Å². The van der Waals surface area contributed by atoms with Crippen LogP contribution in [0.1, 0.15) is 47.3 Å². The van der Waals surface area contributed by atoms with Crippen LogP contribution in [0.3, 0.4) is 0 Å². The first kappa shape index (κ1) is 17.7. The van der Waals surface area contributed by atoms with E-state index in [1.807, 2.05) is 49.4 Å². The molecule has 0 heterocycles. The minimum Gasteiger partial charge on any atom is -0.452 e. The van der Waals surface area contributed by atoms with Crippen molar-refractivity contribution in [3.63, 3.8) is 0 Å². The first-order chi connectivity index (χ1) is 11.6. The third-order valence-electron chi connectivity index (χ3n) is 3.74. The molecule has 0 fully saturated rings. The minimum atomic E-state index is -0.489. The zero-order valence-electron chi connectivity index (χ0n) is 14.1. The van der Waals surface area contributed by atoms with Crippen molar-refractivity contribution in [3.8, 4) is 0 Å². The number of ether oxygens (including phenoxy) is 1. The molecule has 0 aliphatic carbocycles. The molecule has 0 saturated carbocycles. The third-order valence-corrected chi connectivity index (χ3v) is 3.74. The van der Waals surface area contributed by atoms with Gasteiger partial charge in [0.05, 0.1) is 11.6 Å². The number of aryl methyl sites for hydroxylation is 1. The molecule has 0 bridgehead atoms.